The van der Waals surface area contributed by atoms with E-state index in [-0.39, 0.29) is 17.8 Å². The Hall–Kier alpha value is -1.87. The molecule has 0 heterocycles. The number of hydrogen-bond donors (Lipinski definition) is 0. The Morgan fingerprint density at radius 2 is 1.62 bits per heavy atom. The van der Waals surface area contributed by atoms with Gasteiger partial charge in [0.15, 0.2) is 0 Å². The maximum Gasteiger partial charge on any atom is 0.245 e. The summed E-state index contributed by atoms with van der Waals surface area (Å²) in [6, 6.07) is 15.2. The monoisotopic (exact) mass is 305 g/mol. The highest BCUT2D eigenvalue weighted by atomic mass is 35.5. The van der Waals surface area contributed by atoms with Crippen molar-refractivity contribution >= 4 is 17.5 Å². The Kier molecular flexibility index (Phi) is 4.97. The van der Waals surface area contributed by atoms with Gasteiger partial charge in [-0.25, -0.2) is 4.39 Å². The molecule has 2 aromatic rings. The highest BCUT2D eigenvalue weighted by Crippen LogP contribution is 2.27. The van der Waals surface area contributed by atoms with Crippen LogP contribution in [0.15, 0.2) is 54.6 Å². The second kappa shape index (κ2) is 6.72. The number of halogens is 2. The minimum atomic E-state index is -0.723. The highest BCUT2D eigenvalue weighted by Gasteiger charge is 2.25. The average Bonchev–Trinajstić information content (AvgIpc) is 2.53. The normalized spacial score (nSPS) is 13.5. The molecule has 0 aliphatic carbocycles. The van der Waals surface area contributed by atoms with Gasteiger partial charge in [-0.05, 0) is 30.2 Å². The van der Waals surface area contributed by atoms with Crippen molar-refractivity contribution in [3.05, 3.63) is 71.5 Å². The molecule has 110 valence electrons. The molecule has 0 saturated heterocycles. The van der Waals surface area contributed by atoms with Crippen molar-refractivity contribution in [1.82, 2.24) is 4.90 Å². The fourth-order valence-electron chi connectivity index (χ4n) is 2.10. The van der Waals surface area contributed by atoms with Crippen LogP contribution in [-0.4, -0.2) is 17.9 Å². The number of hydrogen-bond acceptors (Lipinski definition) is 1. The first kappa shape index (κ1) is 15.5. The van der Waals surface area contributed by atoms with E-state index in [1.54, 1.807) is 24.1 Å². The lowest BCUT2D eigenvalue weighted by Gasteiger charge is -2.27. The van der Waals surface area contributed by atoms with E-state index in [4.69, 9.17) is 11.6 Å². The van der Waals surface area contributed by atoms with Gasteiger partial charge in [0.25, 0.3) is 0 Å². The Balaban J connectivity index is 2.13. The quantitative estimate of drug-likeness (QED) is 0.770. The molecule has 0 aromatic heterocycles. The van der Waals surface area contributed by atoms with E-state index >= 15 is 0 Å². The van der Waals surface area contributed by atoms with Crippen LogP contribution in [0.2, 0.25) is 0 Å². The summed E-state index contributed by atoms with van der Waals surface area (Å²) in [5, 5.41) is -0.723. The minimum Gasteiger partial charge on any atom is -0.337 e. The molecule has 0 fully saturated rings. The van der Waals surface area contributed by atoms with Gasteiger partial charge in [-0.2, -0.15) is 0 Å². The number of carbonyl (C=O) groups is 1. The summed E-state index contributed by atoms with van der Waals surface area (Å²) >= 11 is 6.26. The maximum absolute atomic E-state index is 13.0. The van der Waals surface area contributed by atoms with Gasteiger partial charge in [0.2, 0.25) is 5.91 Å². The zero-order chi connectivity index (χ0) is 15.4. The van der Waals surface area contributed by atoms with Gasteiger partial charge in [0.05, 0.1) is 6.04 Å². The molecule has 0 spiro atoms. The van der Waals surface area contributed by atoms with Crippen LogP contribution in [-0.2, 0) is 4.79 Å². The number of nitrogens with zero attached hydrogens (tertiary/aromatic N) is 1. The summed E-state index contributed by atoms with van der Waals surface area (Å²) in [6.45, 7) is 1.89. The van der Waals surface area contributed by atoms with Crippen LogP contribution in [0, 0.1) is 5.82 Å². The summed E-state index contributed by atoms with van der Waals surface area (Å²) in [6.07, 6.45) is 0. The van der Waals surface area contributed by atoms with E-state index in [9.17, 15) is 9.18 Å². The van der Waals surface area contributed by atoms with E-state index in [1.807, 2.05) is 37.3 Å². The number of benzene rings is 2. The van der Waals surface area contributed by atoms with E-state index in [0.717, 1.165) is 11.1 Å². The molecule has 0 aliphatic rings. The van der Waals surface area contributed by atoms with Gasteiger partial charge >= 0.3 is 0 Å². The first-order valence-corrected chi connectivity index (χ1v) is 7.15. The molecule has 0 saturated carbocycles. The number of likely N-dealkylation sites (N-methyl/N-ethyl adjacent to an activating group) is 1. The fraction of sp³-hybridized carbons (Fsp3) is 0.235. The van der Waals surface area contributed by atoms with Crippen molar-refractivity contribution in [3.8, 4) is 0 Å². The van der Waals surface area contributed by atoms with Crippen LogP contribution in [0.5, 0.6) is 0 Å². The van der Waals surface area contributed by atoms with Crippen LogP contribution in [0.1, 0.15) is 29.5 Å². The third-order valence-electron chi connectivity index (χ3n) is 3.59. The molecule has 0 N–H and O–H groups in total. The van der Waals surface area contributed by atoms with Crippen LogP contribution < -0.4 is 0 Å². The first-order chi connectivity index (χ1) is 10.0. The van der Waals surface area contributed by atoms with Gasteiger partial charge in [0, 0.05) is 7.05 Å². The predicted molar refractivity (Wildman–Crippen MR) is 82.6 cm³/mol. The largest absolute Gasteiger partial charge is 0.337 e. The molecular formula is C17H17ClFNO. The number of amides is 1. The predicted octanol–water partition coefficient (Wildman–Crippen LogP) is 4.33. The molecule has 2 atom stereocenters. The molecule has 2 nitrogen and oxygen atoms in total. The van der Waals surface area contributed by atoms with E-state index < -0.39 is 5.38 Å². The van der Waals surface area contributed by atoms with E-state index in [0.29, 0.717) is 0 Å². The van der Waals surface area contributed by atoms with Gasteiger partial charge in [-0.1, -0.05) is 42.5 Å². The lowest BCUT2D eigenvalue weighted by atomic mass is 10.1. The van der Waals surface area contributed by atoms with E-state index in [2.05, 4.69) is 0 Å². The Labute approximate surface area is 129 Å². The molecule has 0 radical (unpaired) electrons. The van der Waals surface area contributed by atoms with Gasteiger partial charge in [-0.15, -0.1) is 11.6 Å². The summed E-state index contributed by atoms with van der Waals surface area (Å²) < 4.78 is 13.0. The summed E-state index contributed by atoms with van der Waals surface area (Å²) in [5.41, 5.74) is 1.63. The molecule has 2 rings (SSSR count). The van der Waals surface area contributed by atoms with Crippen molar-refractivity contribution in [2.75, 3.05) is 7.05 Å². The van der Waals surface area contributed by atoms with Crippen molar-refractivity contribution < 1.29 is 9.18 Å². The average molecular weight is 306 g/mol. The summed E-state index contributed by atoms with van der Waals surface area (Å²) in [7, 11) is 1.70. The third kappa shape index (κ3) is 3.61. The maximum atomic E-state index is 13.0. The standard InChI is InChI=1S/C17H17ClFNO/c1-12(13-8-10-15(19)11-9-13)20(2)17(21)16(18)14-6-4-3-5-7-14/h3-12,16H,1-2H3. The second-order valence-corrected chi connectivity index (χ2v) is 5.39. The summed E-state index contributed by atoms with van der Waals surface area (Å²) in [4.78, 5) is 14.0. The molecule has 1 amide bonds. The second-order valence-electron chi connectivity index (χ2n) is 4.95. The molecule has 0 aliphatic heterocycles. The van der Waals surface area contributed by atoms with Gasteiger partial charge in [0.1, 0.15) is 11.2 Å². The molecule has 0 bridgehead atoms. The zero-order valence-electron chi connectivity index (χ0n) is 12.0. The van der Waals surface area contributed by atoms with Crippen molar-refractivity contribution in [2.24, 2.45) is 0 Å². The topological polar surface area (TPSA) is 20.3 Å². The van der Waals surface area contributed by atoms with Crippen LogP contribution in [0.25, 0.3) is 0 Å². The number of rotatable bonds is 4. The molecule has 4 heteroatoms. The van der Waals surface area contributed by atoms with Gasteiger partial charge < -0.3 is 4.90 Å². The lowest BCUT2D eigenvalue weighted by molar-refractivity contribution is -0.131. The molecule has 21 heavy (non-hydrogen) atoms. The van der Waals surface area contributed by atoms with Crippen LogP contribution in [0.3, 0.4) is 0 Å². The zero-order valence-corrected chi connectivity index (χ0v) is 12.7. The lowest BCUT2D eigenvalue weighted by Crippen LogP contribution is -2.32. The van der Waals surface area contributed by atoms with Crippen LogP contribution in [0.4, 0.5) is 4.39 Å². The third-order valence-corrected chi connectivity index (χ3v) is 4.03. The highest BCUT2D eigenvalue weighted by molar-refractivity contribution is 6.30. The van der Waals surface area contributed by atoms with Crippen LogP contribution >= 0.6 is 11.6 Å². The Morgan fingerprint density at radius 3 is 2.19 bits per heavy atom. The Morgan fingerprint density at radius 1 is 1.05 bits per heavy atom. The van der Waals surface area contributed by atoms with Crippen molar-refractivity contribution in [2.45, 2.75) is 18.3 Å². The molecule has 2 aromatic carbocycles. The van der Waals surface area contributed by atoms with Gasteiger partial charge in [-0.3, -0.25) is 4.79 Å². The SMILES string of the molecule is CC(c1ccc(F)cc1)N(C)C(=O)C(Cl)c1ccccc1. The smallest absolute Gasteiger partial charge is 0.245 e. The molecule has 2 unspecified atom stereocenters. The minimum absolute atomic E-state index is 0.178. The Bertz CT molecular complexity index is 600. The summed E-state index contributed by atoms with van der Waals surface area (Å²) in [5.74, 6) is -0.473. The van der Waals surface area contributed by atoms with E-state index in [1.165, 1.54) is 12.1 Å². The number of carbonyl (C=O) groups excluding carboxylic acids is 1. The first-order valence-electron chi connectivity index (χ1n) is 6.72. The number of alkyl halides is 1. The fourth-order valence-corrected chi connectivity index (χ4v) is 2.40. The van der Waals surface area contributed by atoms with Crippen molar-refractivity contribution in [1.29, 1.82) is 0 Å². The molecular weight excluding hydrogens is 289 g/mol. The van der Waals surface area contributed by atoms with Crippen molar-refractivity contribution in [3.63, 3.8) is 0 Å².